The van der Waals surface area contributed by atoms with Gasteiger partial charge >= 0.3 is 0 Å². The molecule has 0 radical (unpaired) electrons. The molecule has 1 heterocycles. The summed E-state index contributed by atoms with van der Waals surface area (Å²) in [4.78, 5) is 16.2. The van der Waals surface area contributed by atoms with Crippen molar-refractivity contribution >= 4 is 17.3 Å². The first-order chi connectivity index (χ1) is 8.56. The molecule has 0 spiro atoms. The summed E-state index contributed by atoms with van der Waals surface area (Å²) in [5.41, 5.74) is 9.20. The van der Waals surface area contributed by atoms with E-state index in [1.807, 2.05) is 32.0 Å². The van der Waals surface area contributed by atoms with Gasteiger partial charge in [-0.1, -0.05) is 12.1 Å². The highest BCUT2D eigenvalue weighted by molar-refractivity contribution is 6.04. The maximum absolute atomic E-state index is 12.0. The van der Waals surface area contributed by atoms with E-state index in [2.05, 4.69) is 10.3 Å². The maximum Gasteiger partial charge on any atom is 0.274 e. The van der Waals surface area contributed by atoms with Crippen molar-refractivity contribution in [2.24, 2.45) is 0 Å². The van der Waals surface area contributed by atoms with Crippen molar-refractivity contribution in [3.05, 3.63) is 53.3 Å². The summed E-state index contributed by atoms with van der Waals surface area (Å²) in [6.07, 6.45) is 0. The van der Waals surface area contributed by atoms with Gasteiger partial charge in [0.1, 0.15) is 5.69 Å². The van der Waals surface area contributed by atoms with Crippen molar-refractivity contribution in [3.8, 4) is 0 Å². The SMILES string of the molecule is Cc1ccc(N)c(NC(=O)c2cccc(C)n2)c1. The van der Waals surface area contributed by atoms with Crippen LogP contribution in [-0.2, 0) is 0 Å². The molecule has 0 atom stereocenters. The summed E-state index contributed by atoms with van der Waals surface area (Å²) in [5, 5.41) is 2.77. The fourth-order valence-corrected chi connectivity index (χ4v) is 1.63. The number of aryl methyl sites for hydroxylation is 2. The Bertz CT molecular complexity index is 593. The largest absolute Gasteiger partial charge is 0.397 e. The van der Waals surface area contributed by atoms with Crippen LogP contribution in [0.15, 0.2) is 36.4 Å². The molecule has 92 valence electrons. The summed E-state index contributed by atoms with van der Waals surface area (Å²) < 4.78 is 0. The third-order valence-corrected chi connectivity index (χ3v) is 2.58. The number of anilines is 2. The topological polar surface area (TPSA) is 68.0 Å². The Hall–Kier alpha value is -2.36. The van der Waals surface area contributed by atoms with E-state index < -0.39 is 0 Å². The summed E-state index contributed by atoms with van der Waals surface area (Å²) in [6.45, 7) is 3.79. The number of rotatable bonds is 2. The molecule has 1 amide bonds. The number of hydrogen-bond donors (Lipinski definition) is 2. The first-order valence-electron chi connectivity index (χ1n) is 5.67. The zero-order chi connectivity index (χ0) is 13.1. The Kier molecular flexibility index (Phi) is 3.28. The Morgan fingerprint density at radius 2 is 2.00 bits per heavy atom. The average molecular weight is 241 g/mol. The maximum atomic E-state index is 12.0. The van der Waals surface area contributed by atoms with E-state index in [9.17, 15) is 4.79 Å². The number of carbonyl (C=O) groups is 1. The lowest BCUT2D eigenvalue weighted by Gasteiger charge is -2.08. The molecule has 0 fully saturated rings. The average Bonchev–Trinajstić information content (AvgIpc) is 2.34. The molecule has 0 aliphatic heterocycles. The molecule has 0 aliphatic rings. The van der Waals surface area contributed by atoms with Gasteiger partial charge in [0.05, 0.1) is 11.4 Å². The van der Waals surface area contributed by atoms with E-state index in [4.69, 9.17) is 5.73 Å². The number of benzene rings is 1. The minimum absolute atomic E-state index is 0.254. The van der Waals surface area contributed by atoms with Gasteiger partial charge in [-0.3, -0.25) is 4.79 Å². The molecule has 4 heteroatoms. The summed E-state index contributed by atoms with van der Waals surface area (Å²) in [7, 11) is 0. The molecule has 1 aromatic carbocycles. The molecular formula is C14H15N3O. The first kappa shape index (κ1) is 12.1. The first-order valence-corrected chi connectivity index (χ1v) is 5.67. The van der Waals surface area contributed by atoms with E-state index in [-0.39, 0.29) is 5.91 Å². The standard InChI is InChI=1S/C14H15N3O/c1-9-6-7-11(15)13(8-9)17-14(18)12-5-3-4-10(2)16-12/h3-8H,15H2,1-2H3,(H,17,18). The van der Waals surface area contributed by atoms with Gasteiger partial charge in [-0.25, -0.2) is 4.98 Å². The van der Waals surface area contributed by atoms with Crippen LogP contribution in [0.2, 0.25) is 0 Å². The van der Waals surface area contributed by atoms with Crippen LogP contribution in [0.3, 0.4) is 0 Å². The Balaban J connectivity index is 2.24. The van der Waals surface area contributed by atoms with Crippen LogP contribution in [-0.4, -0.2) is 10.9 Å². The van der Waals surface area contributed by atoms with E-state index in [1.165, 1.54) is 0 Å². The Labute approximate surface area is 106 Å². The van der Waals surface area contributed by atoms with E-state index in [0.717, 1.165) is 11.3 Å². The third-order valence-electron chi connectivity index (χ3n) is 2.58. The van der Waals surface area contributed by atoms with Crippen LogP contribution in [0.25, 0.3) is 0 Å². The van der Waals surface area contributed by atoms with Crippen molar-refractivity contribution in [1.29, 1.82) is 0 Å². The third kappa shape index (κ3) is 2.66. The molecule has 0 saturated heterocycles. The van der Waals surface area contributed by atoms with Gasteiger partial charge in [0.15, 0.2) is 0 Å². The molecule has 18 heavy (non-hydrogen) atoms. The van der Waals surface area contributed by atoms with E-state index in [1.54, 1.807) is 18.2 Å². The highest BCUT2D eigenvalue weighted by atomic mass is 16.1. The van der Waals surface area contributed by atoms with Crippen molar-refractivity contribution in [1.82, 2.24) is 4.98 Å². The predicted octanol–water partition coefficient (Wildman–Crippen LogP) is 2.53. The van der Waals surface area contributed by atoms with Crippen molar-refractivity contribution in [2.45, 2.75) is 13.8 Å². The van der Waals surface area contributed by atoms with Crippen LogP contribution >= 0.6 is 0 Å². The Morgan fingerprint density at radius 1 is 1.22 bits per heavy atom. The van der Waals surface area contributed by atoms with Crippen LogP contribution in [0.5, 0.6) is 0 Å². The quantitative estimate of drug-likeness (QED) is 0.794. The second-order valence-corrected chi connectivity index (χ2v) is 4.21. The number of nitrogens with zero attached hydrogens (tertiary/aromatic N) is 1. The van der Waals surface area contributed by atoms with E-state index in [0.29, 0.717) is 17.1 Å². The minimum Gasteiger partial charge on any atom is -0.397 e. The molecule has 0 saturated carbocycles. The molecule has 3 N–H and O–H groups in total. The van der Waals surface area contributed by atoms with Crippen molar-refractivity contribution in [3.63, 3.8) is 0 Å². The molecule has 2 rings (SSSR count). The number of nitrogens with two attached hydrogens (primary N) is 1. The second kappa shape index (κ2) is 4.87. The van der Waals surface area contributed by atoms with Gasteiger partial charge in [-0.15, -0.1) is 0 Å². The number of amides is 1. The van der Waals surface area contributed by atoms with Crippen LogP contribution < -0.4 is 11.1 Å². The number of hydrogen-bond acceptors (Lipinski definition) is 3. The fourth-order valence-electron chi connectivity index (χ4n) is 1.63. The summed E-state index contributed by atoms with van der Waals surface area (Å²) >= 11 is 0. The highest BCUT2D eigenvalue weighted by Gasteiger charge is 2.09. The van der Waals surface area contributed by atoms with Crippen LogP contribution in [0.4, 0.5) is 11.4 Å². The van der Waals surface area contributed by atoms with Gasteiger partial charge in [0, 0.05) is 5.69 Å². The molecule has 4 nitrogen and oxygen atoms in total. The Morgan fingerprint density at radius 3 is 2.72 bits per heavy atom. The van der Waals surface area contributed by atoms with Gasteiger partial charge in [0.2, 0.25) is 0 Å². The molecular weight excluding hydrogens is 226 g/mol. The van der Waals surface area contributed by atoms with Crippen molar-refractivity contribution < 1.29 is 4.79 Å². The van der Waals surface area contributed by atoms with Gasteiger partial charge in [-0.05, 0) is 43.7 Å². The zero-order valence-electron chi connectivity index (χ0n) is 10.4. The summed E-state index contributed by atoms with van der Waals surface area (Å²) in [6, 6.07) is 10.8. The minimum atomic E-state index is -0.254. The van der Waals surface area contributed by atoms with Crippen molar-refractivity contribution in [2.75, 3.05) is 11.1 Å². The van der Waals surface area contributed by atoms with Gasteiger partial charge < -0.3 is 11.1 Å². The number of nitrogens with one attached hydrogen (secondary N) is 1. The van der Waals surface area contributed by atoms with E-state index >= 15 is 0 Å². The van der Waals surface area contributed by atoms with Crippen LogP contribution in [0.1, 0.15) is 21.7 Å². The molecule has 0 aliphatic carbocycles. The molecule has 1 aromatic heterocycles. The number of nitrogen functional groups attached to an aromatic ring is 1. The highest BCUT2D eigenvalue weighted by Crippen LogP contribution is 2.20. The lowest BCUT2D eigenvalue weighted by atomic mass is 10.2. The number of aromatic nitrogens is 1. The monoisotopic (exact) mass is 241 g/mol. The number of pyridine rings is 1. The molecule has 0 unspecified atom stereocenters. The lowest BCUT2D eigenvalue weighted by molar-refractivity contribution is 0.102. The normalized spacial score (nSPS) is 10.1. The lowest BCUT2D eigenvalue weighted by Crippen LogP contribution is -2.15. The van der Waals surface area contributed by atoms with Gasteiger partial charge in [0.25, 0.3) is 5.91 Å². The predicted molar refractivity (Wildman–Crippen MR) is 72.5 cm³/mol. The molecule has 2 aromatic rings. The second-order valence-electron chi connectivity index (χ2n) is 4.21. The zero-order valence-corrected chi connectivity index (χ0v) is 10.4. The fraction of sp³-hybridized carbons (Fsp3) is 0.143. The van der Waals surface area contributed by atoms with Crippen LogP contribution in [0, 0.1) is 13.8 Å². The molecule has 0 bridgehead atoms. The number of carbonyl (C=O) groups excluding carboxylic acids is 1. The smallest absolute Gasteiger partial charge is 0.274 e. The van der Waals surface area contributed by atoms with Gasteiger partial charge in [-0.2, -0.15) is 0 Å². The summed E-state index contributed by atoms with van der Waals surface area (Å²) in [5.74, 6) is -0.254.